The predicted molar refractivity (Wildman–Crippen MR) is 118 cm³/mol. The quantitative estimate of drug-likeness (QED) is 0.477. The highest BCUT2D eigenvalue weighted by Gasteiger charge is 2.24. The number of ether oxygens (including phenoxy) is 2. The number of anilines is 1. The first-order valence-electron chi connectivity index (χ1n) is 10.8. The molecule has 8 heteroatoms. The van der Waals surface area contributed by atoms with E-state index in [-0.39, 0.29) is 6.10 Å². The van der Waals surface area contributed by atoms with Crippen molar-refractivity contribution in [3.8, 4) is 28.7 Å². The Morgan fingerprint density at radius 1 is 1.06 bits per heavy atom. The topological polar surface area (TPSA) is 89.7 Å². The molecule has 1 aliphatic heterocycles. The maximum absolute atomic E-state index is 6.01. The molecule has 1 fully saturated rings. The first-order chi connectivity index (χ1) is 15.0. The van der Waals surface area contributed by atoms with Crippen LogP contribution in [0.2, 0.25) is 0 Å². The summed E-state index contributed by atoms with van der Waals surface area (Å²) in [5, 5.41) is 4.22. The second-order valence-corrected chi connectivity index (χ2v) is 7.69. The molecule has 0 bridgehead atoms. The summed E-state index contributed by atoms with van der Waals surface area (Å²) in [6.07, 6.45) is 1.07. The van der Waals surface area contributed by atoms with Crippen molar-refractivity contribution in [2.45, 2.75) is 47.1 Å². The lowest BCUT2D eigenvalue weighted by Crippen LogP contribution is -2.24. The van der Waals surface area contributed by atoms with Crippen molar-refractivity contribution in [3.63, 3.8) is 0 Å². The monoisotopic (exact) mass is 423 g/mol. The van der Waals surface area contributed by atoms with E-state index in [0.29, 0.717) is 30.0 Å². The Kier molecular flexibility index (Phi) is 6.18. The zero-order valence-electron chi connectivity index (χ0n) is 18.8. The zero-order chi connectivity index (χ0) is 22.0. The van der Waals surface area contributed by atoms with E-state index in [4.69, 9.17) is 14.0 Å². The number of aromatic nitrogens is 4. The molecule has 0 N–H and O–H groups in total. The lowest BCUT2D eigenvalue weighted by molar-refractivity contribution is 0.260. The van der Waals surface area contributed by atoms with Gasteiger partial charge >= 0.3 is 0 Å². The van der Waals surface area contributed by atoms with Crippen molar-refractivity contribution >= 4 is 5.95 Å². The fourth-order valence-electron chi connectivity index (χ4n) is 3.54. The molecule has 1 unspecified atom stereocenters. The summed E-state index contributed by atoms with van der Waals surface area (Å²) in [4.78, 5) is 15.9. The van der Waals surface area contributed by atoms with Gasteiger partial charge in [0.15, 0.2) is 0 Å². The number of hydrogen-bond donors (Lipinski definition) is 0. The Bertz CT molecular complexity index is 1060. The fraction of sp³-hybridized carbons (Fsp3) is 0.478. The van der Waals surface area contributed by atoms with E-state index in [2.05, 4.69) is 51.8 Å². The summed E-state index contributed by atoms with van der Waals surface area (Å²) in [7, 11) is 0. The van der Waals surface area contributed by atoms with Crippen molar-refractivity contribution in [1.29, 1.82) is 0 Å². The number of rotatable bonds is 9. The smallest absolute Gasteiger partial charge is 0.277 e. The van der Waals surface area contributed by atoms with Gasteiger partial charge in [-0.1, -0.05) is 12.1 Å². The summed E-state index contributed by atoms with van der Waals surface area (Å²) in [5.41, 5.74) is 4.54. The molecular formula is C23H29N5O3. The minimum atomic E-state index is 0.223. The first-order valence-corrected chi connectivity index (χ1v) is 10.8. The van der Waals surface area contributed by atoms with Gasteiger partial charge in [-0.05, 0) is 63.4 Å². The zero-order valence-corrected chi connectivity index (χ0v) is 18.8. The lowest BCUT2D eigenvalue weighted by atomic mass is 10.0. The largest absolute Gasteiger partial charge is 0.490 e. The van der Waals surface area contributed by atoms with Crippen LogP contribution in [0.4, 0.5) is 5.95 Å². The molecule has 4 rings (SSSR count). The third-order valence-corrected chi connectivity index (χ3v) is 5.34. The number of nitrogens with zero attached hydrogens (tertiary/aromatic N) is 5. The van der Waals surface area contributed by atoms with Gasteiger partial charge in [-0.2, -0.15) is 4.98 Å². The molecule has 2 aromatic heterocycles. The van der Waals surface area contributed by atoms with Crippen LogP contribution in [0.25, 0.3) is 23.0 Å². The van der Waals surface area contributed by atoms with Gasteiger partial charge in [0.25, 0.3) is 5.89 Å². The van der Waals surface area contributed by atoms with Crippen molar-refractivity contribution in [2.24, 2.45) is 0 Å². The van der Waals surface area contributed by atoms with Gasteiger partial charge < -0.3 is 18.9 Å². The molecule has 164 valence electrons. The molecule has 0 amide bonds. The predicted octanol–water partition coefficient (Wildman–Crippen LogP) is 4.00. The highest BCUT2D eigenvalue weighted by atomic mass is 16.6. The van der Waals surface area contributed by atoms with E-state index >= 15 is 0 Å². The molecule has 8 nitrogen and oxygen atoms in total. The number of epoxide rings is 1. The van der Waals surface area contributed by atoms with Crippen molar-refractivity contribution < 1.29 is 14.0 Å². The van der Waals surface area contributed by atoms with Crippen LogP contribution in [0, 0.1) is 13.8 Å². The summed E-state index contributed by atoms with van der Waals surface area (Å²) in [5.74, 6) is 2.51. The molecule has 1 aromatic carbocycles. The van der Waals surface area contributed by atoms with E-state index in [1.807, 2.05) is 26.0 Å². The summed E-state index contributed by atoms with van der Waals surface area (Å²) < 4.78 is 16.8. The third kappa shape index (κ3) is 4.69. The molecule has 1 saturated heterocycles. The molecule has 3 heterocycles. The van der Waals surface area contributed by atoms with Crippen LogP contribution >= 0.6 is 0 Å². The highest BCUT2D eigenvalue weighted by molar-refractivity contribution is 5.63. The van der Waals surface area contributed by atoms with E-state index in [1.54, 1.807) is 0 Å². The molecule has 0 aliphatic carbocycles. The molecule has 31 heavy (non-hydrogen) atoms. The Hall–Kier alpha value is -3.00. The second-order valence-electron chi connectivity index (χ2n) is 7.69. The minimum absolute atomic E-state index is 0.223. The van der Waals surface area contributed by atoms with Gasteiger partial charge in [0.1, 0.15) is 24.2 Å². The maximum atomic E-state index is 6.01. The summed E-state index contributed by atoms with van der Waals surface area (Å²) >= 11 is 0. The van der Waals surface area contributed by atoms with Gasteiger partial charge in [-0.15, -0.1) is 0 Å². The van der Waals surface area contributed by atoms with E-state index in [9.17, 15) is 0 Å². The van der Waals surface area contributed by atoms with E-state index in [1.165, 1.54) is 0 Å². The standard InChI is InChI=1S/C23H29N5O3/c1-6-16-11-17(9-14(4)20(16)30-13-18-12-29-18)21-26-22(31-27-21)19-10-15(5)24-23(25-19)28(7-2)8-3/h9-11,18H,6-8,12-13H2,1-5H3. The molecule has 0 radical (unpaired) electrons. The van der Waals surface area contributed by atoms with Crippen molar-refractivity contribution in [2.75, 3.05) is 31.2 Å². The SMILES string of the molecule is CCc1cc(-c2noc(-c3cc(C)nc(N(CC)CC)n3)n2)cc(C)c1OCC1CO1. The molecular weight excluding hydrogens is 394 g/mol. The normalized spacial score (nSPS) is 15.2. The molecule has 0 spiro atoms. The lowest BCUT2D eigenvalue weighted by Gasteiger charge is -2.18. The number of hydrogen-bond acceptors (Lipinski definition) is 8. The Labute approximate surface area is 182 Å². The van der Waals surface area contributed by atoms with Gasteiger partial charge in [-0.3, -0.25) is 0 Å². The van der Waals surface area contributed by atoms with Gasteiger partial charge in [0.2, 0.25) is 11.8 Å². The summed E-state index contributed by atoms with van der Waals surface area (Å²) in [6, 6.07) is 5.96. The van der Waals surface area contributed by atoms with Crippen LogP contribution in [0.15, 0.2) is 22.7 Å². The van der Waals surface area contributed by atoms with Crippen LogP contribution in [0.1, 0.15) is 37.6 Å². The van der Waals surface area contributed by atoms with Crippen molar-refractivity contribution in [3.05, 3.63) is 35.0 Å². The van der Waals surface area contributed by atoms with Crippen molar-refractivity contribution in [1.82, 2.24) is 20.1 Å². The second kappa shape index (κ2) is 9.01. The van der Waals surface area contributed by atoms with Crippen LogP contribution in [-0.2, 0) is 11.2 Å². The van der Waals surface area contributed by atoms with Gasteiger partial charge in [0.05, 0.1) is 6.61 Å². The molecule has 1 aliphatic rings. The van der Waals surface area contributed by atoms with Crippen LogP contribution in [0.3, 0.4) is 0 Å². The van der Waals surface area contributed by atoms with Gasteiger partial charge in [-0.25, -0.2) is 9.97 Å². The molecule has 1 atom stereocenters. The maximum Gasteiger partial charge on any atom is 0.277 e. The molecule has 0 saturated carbocycles. The number of aryl methyl sites for hydroxylation is 3. The van der Waals surface area contributed by atoms with E-state index in [0.717, 1.165) is 54.3 Å². The molecule has 3 aromatic rings. The average molecular weight is 424 g/mol. The van der Waals surface area contributed by atoms with Gasteiger partial charge in [0, 0.05) is 24.3 Å². The Morgan fingerprint density at radius 2 is 1.84 bits per heavy atom. The van der Waals surface area contributed by atoms with E-state index < -0.39 is 0 Å². The average Bonchev–Trinajstić information content (AvgIpc) is 3.45. The Morgan fingerprint density at radius 3 is 2.52 bits per heavy atom. The third-order valence-electron chi connectivity index (χ3n) is 5.34. The Balaban J connectivity index is 1.63. The van der Waals surface area contributed by atoms with Crippen LogP contribution in [0.5, 0.6) is 5.75 Å². The minimum Gasteiger partial charge on any atom is -0.490 e. The summed E-state index contributed by atoms with van der Waals surface area (Å²) in [6.45, 7) is 13.3. The highest BCUT2D eigenvalue weighted by Crippen LogP contribution is 2.31. The van der Waals surface area contributed by atoms with Crippen LogP contribution < -0.4 is 9.64 Å². The number of benzene rings is 1. The van der Waals surface area contributed by atoms with Crippen LogP contribution in [-0.4, -0.2) is 52.5 Å². The fourth-order valence-corrected chi connectivity index (χ4v) is 3.54. The first kappa shape index (κ1) is 21.2.